The maximum absolute atomic E-state index is 12.2. The summed E-state index contributed by atoms with van der Waals surface area (Å²) in [5.74, 6) is -3.93. The predicted octanol–water partition coefficient (Wildman–Crippen LogP) is -4.37. The number of aliphatic hydroxyl groups excluding tert-OH is 6. The second-order valence-electron chi connectivity index (χ2n) is 7.39. The molecule has 8 N–H and O–H groups in total. The molecule has 2 aliphatic heterocycles. The fraction of sp³-hybridized carbons (Fsp3) is 0.938. The lowest BCUT2D eigenvalue weighted by atomic mass is 9.75. The Morgan fingerprint density at radius 1 is 1.10 bits per heavy atom. The zero-order valence-electron chi connectivity index (χ0n) is 16.5. The third-order valence-electron chi connectivity index (χ3n) is 5.52. The van der Waals surface area contributed by atoms with Gasteiger partial charge in [-0.3, -0.25) is 4.79 Å². The molecule has 0 aromatic carbocycles. The van der Waals surface area contributed by atoms with Crippen molar-refractivity contribution in [1.29, 1.82) is 0 Å². The molecule has 0 bridgehead atoms. The molecule has 0 aromatic rings. The molecular weight excluding hydrogens is 426 g/mol. The molecule has 2 aliphatic rings. The van der Waals surface area contributed by atoms with Crippen LogP contribution in [0.15, 0.2) is 5.11 Å². The van der Waals surface area contributed by atoms with Gasteiger partial charge < -0.3 is 55.1 Å². The number of aliphatic hydroxyl groups is 8. The molecule has 2 fully saturated rings. The van der Waals surface area contributed by atoms with Crippen molar-refractivity contribution in [2.75, 3.05) is 19.8 Å². The van der Waals surface area contributed by atoms with Crippen LogP contribution in [0.4, 0.5) is 0 Å². The fourth-order valence-corrected chi connectivity index (χ4v) is 3.70. The highest BCUT2D eigenvalue weighted by molar-refractivity contribution is 5.87. The largest absolute Gasteiger partial charge is 0.394 e. The van der Waals surface area contributed by atoms with Gasteiger partial charge in [-0.15, -0.1) is 0 Å². The topological polar surface area (TPSA) is 255 Å². The summed E-state index contributed by atoms with van der Waals surface area (Å²) < 4.78 is 15.8. The third-order valence-corrected chi connectivity index (χ3v) is 5.52. The van der Waals surface area contributed by atoms with Crippen LogP contribution in [0.5, 0.6) is 0 Å². The Bertz CT molecular complexity index is 691. The number of ketones is 1. The number of ether oxygens (including phenoxy) is 3. The Kier molecular flexibility index (Phi) is 8.32. The summed E-state index contributed by atoms with van der Waals surface area (Å²) in [7, 11) is 0. The minimum Gasteiger partial charge on any atom is -0.394 e. The lowest BCUT2D eigenvalue weighted by Crippen LogP contribution is -2.76. The van der Waals surface area contributed by atoms with E-state index in [0.29, 0.717) is 0 Å². The maximum atomic E-state index is 12.2. The van der Waals surface area contributed by atoms with Crippen LogP contribution in [0.3, 0.4) is 0 Å². The summed E-state index contributed by atoms with van der Waals surface area (Å²) in [6.45, 7) is -1.27. The number of azide groups is 1. The van der Waals surface area contributed by atoms with Crippen LogP contribution in [0.25, 0.3) is 10.4 Å². The molecule has 10 atom stereocenters. The molecule has 2 saturated heterocycles. The van der Waals surface area contributed by atoms with E-state index in [-0.39, 0.29) is 0 Å². The Morgan fingerprint density at radius 2 is 1.71 bits per heavy atom. The van der Waals surface area contributed by atoms with E-state index in [9.17, 15) is 45.6 Å². The quantitative estimate of drug-likeness (QED) is 0.0985. The van der Waals surface area contributed by atoms with Gasteiger partial charge in [0.1, 0.15) is 42.7 Å². The van der Waals surface area contributed by atoms with E-state index in [1.807, 2.05) is 0 Å². The summed E-state index contributed by atoms with van der Waals surface area (Å²) in [4.78, 5) is 14.7. The van der Waals surface area contributed by atoms with Gasteiger partial charge in [-0.25, -0.2) is 0 Å². The highest BCUT2D eigenvalue weighted by Crippen LogP contribution is 2.41. The van der Waals surface area contributed by atoms with Gasteiger partial charge in [0.25, 0.3) is 0 Å². The lowest BCUT2D eigenvalue weighted by Gasteiger charge is -2.53. The predicted molar refractivity (Wildman–Crippen MR) is 95.8 cm³/mol. The minimum atomic E-state index is -3.01. The summed E-state index contributed by atoms with van der Waals surface area (Å²) in [6.07, 6.45) is -14.8. The van der Waals surface area contributed by atoms with Crippen LogP contribution >= 0.6 is 0 Å². The third kappa shape index (κ3) is 4.54. The number of carbonyl (C=O) groups is 1. The molecule has 15 heteroatoms. The first-order valence-corrected chi connectivity index (χ1v) is 9.37. The Balaban J connectivity index is 2.36. The fourth-order valence-electron chi connectivity index (χ4n) is 3.70. The van der Waals surface area contributed by atoms with Crippen LogP contribution in [0.1, 0.15) is 13.3 Å². The van der Waals surface area contributed by atoms with Gasteiger partial charge in [0.15, 0.2) is 12.1 Å². The standard InChI is InChI=1S/C16H27N3O12/c1-6(22)16(28)13(26)12(8(5-21)31-15(16,27)2-3-18-19-17)30-14-11(25)10(24)9(23)7(4-20)29-14/h7-14,20-21,23-28H,2-5H2,1H3/t7-,8-,9+,10+,11-,12-,13+,14+,15?,16-/m1/s1. The summed E-state index contributed by atoms with van der Waals surface area (Å²) in [5.41, 5.74) is 5.39. The van der Waals surface area contributed by atoms with E-state index >= 15 is 0 Å². The van der Waals surface area contributed by atoms with Crippen LogP contribution in [-0.2, 0) is 19.0 Å². The van der Waals surface area contributed by atoms with Crippen molar-refractivity contribution >= 4 is 5.78 Å². The van der Waals surface area contributed by atoms with Gasteiger partial charge in [0, 0.05) is 17.9 Å². The zero-order chi connectivity index (χ0) is 23.6. The maximum Gasteiger partial charge on any atom is 0.205 e. The summed E-state index contributed by atoms with van der Waals surface area (Å²) in [5, 5.41) is 84.4. The molecule has 2 heterocycles. The zero-order valence-corrected chi connectivity index (χ0v) is 16.5. The van der Waals surface area contributed by atoms with Gasteiger partial charge in [0.2, 0.25) is 11.4 Å². The normalized spacial score (nSPS) is 45.7. The summed E-state index contributed by atoms with van der Waals surface area (Å²) >= 11 is 0. The second-order valence-corrected chi connectivity index (χ2v) is 7.39. The lowest BCUT2D eigenvalue weighted by molar-refractivity contribution is -0.401. The van der Waals surface area contributed by atoms with Crippen molar-refractivity contribution in [3.8, 4) is 0 Å². The average Bonchev–Trinajstić information content (AvgIpc) is 2.74. The molecule has 15 nitrogen and oxygen atoms in total. The van der Waals surface area contributed by atoms with Gasteiger partial charge in [-0.1, -0.05) is 5.11 Å². The summed E-state index contributed by atoms with van der Waals surface area (Å²) in [6, 6.07) is 0. The van der Waals surface area contributed by atoms with Crippen LogP contribution in [0, 0.1) is 0 Å². The monoisotopic (exact) mass is 453 g/mol. The Labute approximate surface area is 175 Å². The van der Waals surface area contributed by atoms with Gasteiger partial charge in [0.05, 0.1) is 13.2 Å². The second kappa shape index (κ2) is 9.99. The molecule has 0 aliphatic carbocycles. The Hall–Kier alpha value is -1.46. The van der Waals surface area contributed by atoms with E-state index in [1.165, 1.54) is 0 Å². The van der Waals surface area contributed by atoms with Crippen molar-refractivity contribution < 1.29 is 59.9 Å². The first-order chi connectivity index (χ1) is 14.5. The van der Waals surface area contributed by atoms with Crippen molar-refractivity contribution in [1.82, 2.24) is 0 Å². The van der Waals surface area contributed by atoms with Crippen LogP contribution in [0.2, 0.25) is 0 Å². The molecule has 0 amide bonds. The van der Waals surface area contributed by atoms with Crippen LogP contribution < -0.4 is 0 Å². The first-order valence-electron chi connectivity index (χ1n) is 9.37. The van der Waals surface area contributed by atoms with E-state index < -0.39 is 92.4 Å². The molecule has 0 aromatic heterocycles. The Morgan fingerprint density at radius 3 is 2.23 bits per heavy atom. The van der Waals surface area contributed by atoms with E-state index in [4.69, 9.17) is 19.7 Å². The van der Waals surface area contributed by atoms with Crippen molar-refractivity contribution in [2.45, 2.75) is 73.8 Å². The minimum absolute atomic E-state index is 0.439. The first kappa shape index (κ1) is 25.8. The van der Waals surface area contributed by atoms with Gasteiger partial charge in [-0.2, -0.15) is 0 Å². The van der Waals surface area contributed by atoms with Gasteiger partial charge >= 0.3 is 0 Å². The average molecular weight is 453 g/mol. The molecule has 31 heavy (non-hydrogen) atoms. The molecule has 0 spiro atoms. The van der Waals surface area contributed by atoms with E-state index in [2.05, 4.69) is 10.0 Å². The molecule has 2 rings (SSSR count). The van der Waals surface area contributed by atoms with Crippen LogP contribution in [-0.4, -0.2) is 127 Å². The molecule has 0 saturated carbocycles. The molecule has 1 unspecified atom stereocenters. The number of hydrogen-bond donors (Lipinski definition) is 8. The highest BCUT2D eigenvalue weighted by Gasteiger charge is 2.66. The SMILES string of the molecule is CC(=O)[C@@]1(O)[C@@H](O)[C@H](O[C@@H]2O[C@H](CO)[C@H](O)[C@H](O)[C@H]2O)[C@@H](CO)OC1(O)CCN=[N+]=[N-]. The molecule has 178 valence electrons. The van der Waals surface area contributed by atoms with Crippen molar-refractivity contribution in [2.24, 2.45) is 5.11 Å². The van der Waals surface area contributed by atoms with Gasteiger partial charge in [-0.05, 0) is 12.5 Å². The molecular formula is C16H27N3O12. The number of hydrogen-bond acceptors (Lipinski definition) is 13. The van der Waals surface area contributed by atoms with E-state index in [0.717, 1.165) is 6.92 Å². The van der Waals surface area contributed by atoms with Crippen molar-refractivity contribution in [3.05, 3.63) is 10.4 Å². The number of carbonyl (C=O) groups excluding carboxylic acids is 1. The molecule has 0 radical (unpaired) electrons. The highest BCUT2D eigenvalue weighted by atomic mass is 16.7. The smallest absolute Gasteiger partial charge is 0.205 e. The van der Waals surface area contributed by atoms with Crippen molar-refractivity contribution in [3.63, 3.8) is 0 Å². The van der Waals surface area contributed by atoms with E-state index in [1.54, 1.807) is 0 Å². The number of nitrogens with zero attached hydrogens (tertiary/aromatic N) is 3. The number of rotatable bonds is 8. The number of Topliss-reactive ketones (excluding diaryl/α,β-unsaturated/α-hetero) is 1.